The Morgan fingerprint density at radius 2 is 1.93 bits per heavy atom. The standard InChI is InChI=1S/C23H27N5O/c1-4-28(24-2)17-7-8-20-19-9-10-23(26-21(19)14-29-22(20)13-17)27(3)18-11-15-5-6-16(12-18)25-15/h4,7-10,13,15-16,18,25H,1-2,5-6,11-12,14H2,3H3. The molecule has 3 aliphatic rings. The van der Waals surface area contributed by atoms with Gasteiger partial charge in [0.2, 0.25) is 0 Å². The fraction of sp³-hybridized carbons (Fsp3) is 0.391. The van der Waals surface area contributed by atoms with Gasteiger partial charge >= 0.3 is 0 Å². The first-order valence-corrected chi connectivity index (χ1v) is 10.3. The number of aromatic nitrogens is 1. The Labute approximate surface area is 171 Å². The van der Waals surface area contributed by atoms with Crippen molar-refractivity contribution in [3.63, 3.8) is 0 Å². The van der Waals surface area contributed by atoms with Gasteiger partial charge in [0.1, 0.15) is 18.2 Å². The van der Waals surface area contributed by atoms with Gasteiger partial charge in [-0.1, -0.05) is 6.58 Å². The number of pyridine rings is 1. The van der Waals surface area contributed by atoms with Crippen LogP contribution < -0.4 is 20.0 Å². The van der Waals surface area contributed by atoms with Gasteiger partial charge < -0.3 is 15.0 Å². The van der Waals surface area contributed by atoms with Crippen LogP contribution in [0.1, 0.15) is 31.4 Å². The first-order chi connectivity index (χ1) is 14.2. The number of hydrogen-bond acceptors (Lipinski definition) is 6. The number of ether oxygens (including phenoxy) is 1. The molecule has 1 aromatic carbocycles. The minimum absolute atomic E-state index is 0.473. The maximum absolute atomic E-state index is 6.04. The van der Waals surface area contributed by atoms with Crippen LogP contribution in [0.15, 0.2) is 48.2 Å². The molecule has 2 fully saturated rings. The zero-order valence-corrected chi connectivity index (χ0v) is 16.8. The Bertz CT molecular complexity index is 938. The monoisotopic (exact) mass is 389 g/mol. The van der Waals surface area contributed by atoms with Crippen molar-refractivity contribution >= 4 is 18.2 Å². The summed E-state index contributed by atoms with van der Waals surface area (Å²) in [7, 11) is 2.18. The summed E-state index contributed by atoms with van der Waals surface area (Å²) in [6.07, 6.45) is 6.64. The minimum Gasteiger partial charge on any atom is -0.487 e. The molecule has 0 spiro atoms. The number of anilines is 2. The lowest BCUT2D eigenvalue weighted by molar-refractivity contribution is 0.297. The van der Waals surface area contributed by atoms with Crippen molar-refractivity contribution in [2.45, 2.75) is 50.4 Å². The highest BCUT2D eigenvalue weighted by Gasteiger charge is 2.35. The van der Waals surface area contributed by atoms with Crippen LogP contribution >= 0.6 is 0 Å². The molecule has 0 radical (unpaired) electrons. The van der Waals surface area contributed by atoms with Gasteiger partial charge in [-0.15, -0.1) is 0 Å². The van der Waals surface area contributed by atoms with Crippen LogP contribution in [0.2, 0.25) is 0 Å². The van der Waals surface area contributed by atoms with E-state index in [1.165, 1.54) is 25.7 Å². The zero-order valence-electron chi connectivity index (χ0n) is 16.8. The molecule has 150 valence electrons. The van der Waals surface area contributed by atoms with Crippen LogP contribution in [0.5, 0.6) is 5.75 Å². The molecule has 1 aromatic heterocycles. The predicted octanol–water partition coefficient (Wildman–Crippen LogP) is 3.93. The van der Waals surface area contributed by atoms with Gasteiger partial charge in [0.15, 0.2) is 0 Å². The summed E-state index contributed by atoms with van der Waals surface area (Å²) in [5, 5.41) is 9.30. The molecular weight excluding hydrogens is 362 g/mol. The first kappa shape index (κ1) is 18.2. The predicted molar refractivity (Wildman–Crippen MR) is 118 cm³/mol. The third-order valence-corrected chi connectivity index (χ3v) is 6.53. The number of piperidine rings is 1. The fourth-order valence-electron chi connectivity index (χ4n) is 4.96. The zero-order chi connectivity index (χ0) is 20.0. The van der Waals surface area contributed by atoms with Gasteiger partial charge in [-0.25, -0.2) is 9.99 Å². The van der Waals surface area contributed by atoms with Gasteiger partial charge in [0.05, 0.1) is 11.4 Å². The van der Waals surface area contributed by atoms with Crippen molar-refractivity contribution < 1.29 is 4.74 Å². The summed E-state index contributed by atoms with van der Waals surface area (Å²) in [5.74, 6) is 1.87. The lowest BCUT2D eigenvalue weighted by atomic mass is 9.98. The second kappa shape index (κ2) is 7.19. The van der Waals surface area contributed by atoms with E-state index in [1.807, 2.05) is 12.1 Å². The number of hydrogen-bond donors (Lipinski definition) is 1. The summed E-state index contributed by atoms with van der Waals surface area (Å²) in [6.45, 7) is 7.82. The Hall–Kier alpha value is -2.86. The van der Waals surface area contributed by atoms with E-state index in [4.69, 9.17) is 9.72 Å². The summed E-state index contributed by atoms with van der Waals surface area (Å²) >= 11 is 0. The van der Waals surface area contributed by atoms with Gasteiger partial charge in [0, 0.05) is 55.3 Å². The largest absolute Gasteiger partial charge is 0.487 e. The van der Waals surface area contributed by atoms with Gasteiger partial charge in [-0.05, 0) is 49.9 Å². The summed E-state index contributed by atoms with van der Waals surface area (Å²) in [6, 6.07) is 12.2. The molecule has 0 saturated carbocycles. The molecule has 3 aliphatic heterocycles. The van der Waals surface area contributed by atoms with E-state index in [9.17, 15) is 0 Å². The van der Waals surface area contributed by atoms with E-state index in [0.29, 0.717) is 24.7 Å². The molecule has 2 bridgehead atoms. The molecule has 0 amide bonds. The van der Waals surface area contributed by atoms with E-state index in [-0.39, 0.29) is 0 Å². The van der Waals surface area contributed by atoms with E-state index in [0.717, 1.165) is 34.1 Å². The van der Waals surface area contributed by atoms with Crippen molar-refractivity contribution in [2.75, 3.05) is 17.0 Å². The Morgan fingerprint density at radius 3 is 2.66 bits per heavy atom. The van der Waals surface area contributed by atoms with Gasteiger partial charge in [-0.3, -0.25) is 0 Å². The molecular formula is C23H27N5O. The van der Waals surface area contributed by atoms with Crippen LogP contribution in [0.4, 0.5) is 11.5 Å². The van der Waals surface area contributed by atoms with Crippen LogP contribution in [-0.2, 0) is 6.61 Å². The average Bonchev–Trinajstić information content (AvgIpc) is 3.10. The normalized spacial score (nSPS) is 24.1. The van der Waals surface area contributed by atoms with Gasteiger partial charge in [-0.2, -0.15) is 5.10 Å². The topological polar surface area (TPSA) is 53.0 Å². The number of fused-ring (bicyclic) bond motifs is 5. The van der Waals surface area contributed by atoms with Crippen molar-refractivity contribution in [1.29, 1.82) is 0 Å². The number of benzene rings is 1. The molecule has 2 aromatic rings. The number of nitrogens with one attached hydrogen (secondary N) is 1. The number of nitrogens with zero attached hydrogens (tertiary/aromatic N) is 4. The SMILES string of the molecule is C=CN(N=C)c1ccc2c(c1)OCc1nc(N(C)C3CC4CCC(C3)N4)ccc1-2. The first-order valence-electron chi connectivity index (χ1n) is 10.3. The minimum atomic E-state index is 0.473. The van der Waals surface area contributed by atoms with Crippen molar-refractivity contribution in [3.8, 4) is 16.9 Å². The molecule has 2 atom stereocenters. The molecule has 2 saturated heterocycles. The van der Waals surface area contributed by atoms with Crippen LogP contribution in [0.3, 0.4) is 0 Å². The van der Waals surface area contributed by atoms with Crippen LogP contribution in [0, 0.1) is 0 Å². The molecule has 5 rings (SSSR count). The number of rotatable bonds is 5. The average molecular weight is 390 g/mol. The van der Waals surface area contributed by atoms with Crippen molar-refractivity contribution in [1.82, 2.24) is 10.3 Å². The number of hydrazone groups is 1. The lowest BCUT2D eigenvalue weighted by Crippen LogP contribution is -2.47. The molecule has 1 N–H and O–H groups in total. The Morgan fingerprint density at radius 1 is 1.17 bits per heavy atom. The molecule has 6 heteroatoms. The molecule has 4 heterocycles. The molecule has 2 unspecified atom stereocenters. The quantitative estimate of drug-likeness (QED) is 0.620. The van der Waals surface area contributed by atoms with Crippen molar-refractivity contribution in [3.05, 3.63) is 48.8 Å². The van der Waals surface area contributed by atoms with E-state index in [1.54, 1.807) is 11.2 Å². The fourth-order valence-corrected chi connectivity index (χ4v) is 4.96. The van der Waals surface area contributed by atoms with Crippen LogP contribution in [-0.4, -0.2) is 36.9 Å². The van der Waals surface area contributed by atoms with Crippen LogP contribution in [0.25, 0.3) is 11.1 Å². The second-order valence-corrected chi connectivity index (χ2v) is 8.18. The highest BCUT2D eigenvalue weighted by atomic mass is 16.5. The molecule has 29 heavy (non-hydrogen) atoms. The Balaban J connectivity index is 1.41. The third-order valence-electron chi connectivity index (χ3n) is 6.53. The summed E-state index contributed by atoms with van der Waals surface area (Å²) in [5.41, 5.74) is 4.07. The van der Waals surface area contributed by atoms with Crippen molar-refractivity contribution in [2.24, 2.45) is 5.10 Å². The van der Waals surface area contributed by atoms with E-state index >= 15 is 0 Å². The van der Waals surface area contributed by atoms with E-state index < -0.39 is 0 Å². The highest BCUT2D eigenvalue weighted by molar-refractivity contribution is 5.77. The maximum atomic E-state index is 6.04. The lowest BCUT2D eigenvalue weighted by Gasteiger charge is -2.36. The third kappa shape index (κ3) is 3.17. The molecule has 6 nitrogen and oxygen atoms in total. The highest BCUT2D eigenvalue weighted by Crippen LogP contribution is 2.40. The summed E-state index contributed by atoms with van der Waals surface area (Å²) in [4.78, 5) is 7.34. The van der Waals surface area contributed by atoms with E-state index in [2.05, 4.69) is 53.9 Å². The Kier molecular flexibility index (Phi) is 4.51. The maximum Gasteiger partial charge on any atom is 0.131 e. The van der Waals surface area contributed by atoms with Gasteiger partial charge in [0.25, 0.3) is 0 Å². The summed E-state index contributed by atoms with van der Waals surface area (Å²) < 4.78 is 6.04. The second-order valence-electron chi connectivity index (χ2n) is 8.18. The molecule has 0 aliphatic carbocycles. The smallest absolute Gasteiger partial charge is 0.131 e.